The fourth-order valence-corrected chi connectivity index (χ4v) is 4.58. The van der Waals surface area contributed by atoms with Crippen LogP contribution >= 0.6 is 11.3 Å². The lowest BCUT2D eigenvalue weighted by molar-refractivity contribution is -0.129. The van der Waals surface area contributed by atoms with Crippen molar-refractivity contribution in [1.82, 2.24) is 10.3 Å². The van der Waals surface area contributed by atoms with E-state index in [1.54, 1.807) is 24.3 Å². The van der Waals surface area contributed by atoms with Crippen LogP contribution in [0.4, 0.5) is 5.69 Å². The second kappa shape index (κ2) is 10.6. The number of thiazole rings is 1. The average Bonchev–Trinajstić information content (AvgIpc) is 3.21. The lowest BCUT2D eigenvalue weighted by Gasteiger charge is -2.23. The highest BCUT2D eigenvalue weighted by molar-refractivity contribution is 7.87. The second-order valence-electron chi connectivity index (χ2n) is 9.09. The number of amides is 1. The summed E-state index contributed by atoms with van der Waals surface area (Å²) in [5, 5.41) is 15.2. The van der Waals surface area contributed by atoms with Gasteiger partial charge in [-0.05, 0) is 35.2 Å². The molecule has 1 atom stereocenters. The highest BCUT2D eigenvalue weighted by Crippen LogP contribution is 2.26. The molecule has 0 saturated carbocycles. The Morgan fingerprint density at radius 3 is 2.38 bits per heavy atom. The van der Waals surface area contributed by atoms with Crippen LogP contribution in [0.3, 0.4) is 0 Å². The number of rotatable bonds is 9. The summed E-state index contributed by atoms with van der Waals surface area (Å²) in [6.45, 7) is 5.51. The third-order valence-electron chi connectivity index (χ3n) is 5.05. The van der Waals surface area contributed by atoms with Crippen molar-refractivity contribution in [2.75, 3.05) is 4.72 Å². The molecule has 34 heavy (non-hydrogen) atoms. The van der Waals surface area contributed by atoms with Gasteiger partial charge in [0.2, 0.25) is 5.91 Å². The zero-order valence-corrected chi connectivity index (χ0v) is 20.9. The van der Waals surface area contributed by atoms with Gasteiger partial charge in [0, 0.05) is 17.2 Å². The van der Waals surface area contributed by atoms with E-state index in [1.807, 2.05) is 55.1 Å². The van der Waals surface area contributed by atoms with Crippen molar-refractivity contribution in [3.63, 3.8) is 0 Å². The van der Waals surface area contributed by atoms with E-state index in [4.69, 9.17) is 9.54 Å². The lowest BCUT2D eigenvalue weighted by atomic mass is 9.94. The quantitative estimate of drug-likeness (QED) is 0.328. The number of aliphatic hydroxyl groups excluding tert-OH is 1. The molecular formula is C24H29N3O5S2. The Labute approximate surface area is 204 Å². The Kier molecular flexibility index (Phi) is 8.09. The molecule has 0 unspecified atom stereocenters. The minimum Gasteiger partial charge on any atom is -0.392 e. The molecule has 3 aromatic rings. The predicted octanol–water partition coefficient (Wildman–Crippen LogP) is 3.89. The summed E-state index contributed by atoms with van der Waals surface area (Å²) in [5.41, 5.74) is 3.29. The van der Waals surface area contributed by atoms with Gasteiger partial charge < -0.3 is 10.4 Å². The van der Waals surface area contributed by atoms with Gasteiger partial charge in [0.05, 0.1) is 24.0 Å². The molecule has 182 valence electrons. The molecule has 0 aliphatic rings. The van der Waals surface area contributed by atoms with Crippen LogP contribution in [0.15, 0.2) is 53.9 Å². The molecule has 0 bridgehead atoms. The first-order valence-electron chi connectivity index (χ1n) is 10.7. The van der Waals surface area contributed by atoms with Crippen molar-refractivity contribution in [3.05, 3.63) is 81.3 Å². The van der Waals surface area contributed by atoms with E-state index in [-0.39, 0.29) is 24.2 Å². The van der Waals surface area contributed by atoms with Gasteiger partial charge in [-0.15, -0.1) is 11.3 Å². The van der Waals surface area contributed by atoms with Gasteiger partial charge in [0.1, 0.15) is 5.01 Å². The van der Waals surface area contributed by atoms with Crippen LogP contribution in [0.2, 0.25) is 0 Å². The number of nitrogens with one attached hydrogen (secondary N) is 2. The molecule has 1 amide bonds. The summed E-state index contributed by atoms with van der Waals surface area (Å²) in [6, 6.07) is 13.9. The van der Waals surface area contributed by atoms with Gasteiger partial charge in [0.25, 0.3) is 0 Å². The minimum atomic E-state index is -4.35. The summed E-state index contributed by atoms with van der Waals surface area (Å²) < 4.78 is 33.0. The second-order valence-corrected chi connectivity index (χ2v) is 11.1. The fourth-order valence-electron chi connectivity index (χ4n) is 3.28. The van der Waals surface area contributed by atoms with Crippen molar-refractivity contribution < 1.29 is 22.9 Å². The molecule has 8 nitrogen and oxygen atoms in total. The maximum Gasteiger partial charge on any atom is 0.357 e. The third kappa shape index (κ3) is 7.63. The Balaban J connectivity index is 1.81. The number of anilines is 1. The van der Waals surface area contributed by atoms with E-state index >= 15 is 0 Å². The summed E-state index contributed by atoms with van der Waals surface area (Å²) in [6.07, 6.45) is 1.07. The molecule has 0 fully saturated rings. The highest BCUT2D eigenvalue weighted by Gasteiger charge is 2.26. The van der Waals surface area contributed by atoms with Crippen LogP contribution in [0.5, 0.6) is 0 Å². The first kappa shape index (κ1) is 25.8. The Hall–Kier alpha value is -2.79. The Morgan fingerprint density at radius 1 is 1.09 bits per heavy atom. The number of hydrogen-bond donors (Lipinski definition) is 4. The maximum absolute atomic E-state index is 12.8. The SMILES string of the molecule is CC(C)(C)C(=O)N[C@@H](Cc1ccc(NS(=O)(=O)O)cc1)c1nc(Cc2cccc(CO)c2)cs1. The maximum atomic E-state index is 12.8. The molecule has 4 N–H and O–H groups in total. The van der Waals surface area contributed by atoms with Crippen molar-refractivity contribution >= 4 is 33.2 Å². The number of aromatic nitrogens is 1. The number of benzene rings is 2. The molecule has 2 aromatic carbocycles. The molecule has 10 heteroatoms. The predicted molar refractivity (Wildman–Crippen MR) is 133 cm³/mol. The summed E-state index contributed by atoms with van der Waals surface area (Å²) >= 11 is 1.47. The number of carbonyl (C=O) groups is 1. The smallest absolute Gasteiger partial charge is 0.357 e. The van der Waals surface area contributed by atoms with Crippen molar-refractivity contribution in [1.29, 1.82) is 0 Å². The first-order chi connectivity index (χ1) is 15.9. The van der Waals surface area contributed by atoms with Gasteiger partial charge in [-0.2, -0.15) is 8.42 Å². The number of nitrogens with zero attached hydrogens (tertiary/aromatic N) is 1. The van der Waals surface area contributed by atoms with E-state index in [1.165, 1.54) is 11.3 Å². The van der Waals surface area contributed by atoms with E-state index in [2.05, 4.69) is 5.32 Å². The topological polar surface area (TPSA) is 129 Å². The number of hydrogen-bond acceptors (Lipinski definition) is 6. The van der Waals surface area contributed by atoms with E-state index < -0.39 is 15.7 Å². The molecule has 0 spiro atoms. The molecule has 0 aliphatic heterocycles. The normalized spacial score (nSPS) is 12.9. The first-order valence-corrected chi connectivity index (χ1v) is 13.0. The van der Waals surface area contributed by atoms with E-state index in [0.29, 0.717) is 12.8 Å². The summed E-state index contributed by atoms with van der Waals surface area (Å²) in [5.74, 6) is -0.102. The van der Waals surface area contributed by atoms with Crippen LogP contribution in [0.25, 0.3) is 0 Å². The standard InChI is InChI=1S/C24H29N3O5S2/c1-24(2,3)23(29)26-21(13-16-7-9-19(10-8-16)27-34(30,31)32)22-25-20(15-33-22)12-17-5-4-6-18(11-17)14-28/h4-11,15,21,27-28H,12-14H2,1-3H3,(H,26,29)(H,30,31,32)/t21-/m0/s1. The Bertz CT molecular complexity index is 1230. The van der Waals surface area contributed by atoms with E-state index in [0.717, 1.165) is 27.4 Å². The monoisotopic (exact) mass is 503 g/mol. The van der Waals surface area contributed by atoms with Gasteiger partial charge in [-0.1, -0.05) is 57.2 Å². The molecular weight excluding hydrogens is 474 g/mol. The summed E-state index contributed by atoms with van der Waals surface area (Å²) in [7, 11) is -4.35. The molecule has 3 rings (SSSR count). The molecule has 1 heterocycles. The van der Waals surface area contributed by atoms with Gasteiger partial charge in [-0.3, -0.25) is 14.1 Å². The lowest BCUT2D eigenvalue weighted by Crippen LogP contribution is -2.38. The van der Waals surface area contributed by atoms with Crippen LogP contribution in [-0.4, -0.2) is 29.0 Å². The number of carbonyl (C=O) groups excluding carboxylic acids is 1. The van der Waals surface area contributed by atoms with Crippen LogP contribution in [-0.2, 0) is 34.5 Å². The van der Waals surface area contributed by atoms with Crippen molar-refractivity contribution in [3.8, 4) is 0 Å². The zero-order valence-electron chi connectivity index (χ0n) is 19.3. The van der Waals surface area contributed by atoms with Gasteiger partial charge >= 0.3 is 10.3 Å². The van der Waals surface area contributed by atoms with Crippen molar-refractivity contribution in [2.45, 2.75) is 46.3 Å². The molecule has 1 aromatic heterocycles. The van der Waals surface area contributed by atoms with Crippen LogP contribution in [0, 0.1) is 5.41 Å². The van der Waals surface area contributed by atoms with Crippen molar-refractivity contribution in [2.24, 2.45) is 5.41 Å². The van der Waals surface area contributed by atoms with Gasteiger partial charge in [-0.25, -0.2) is 4.98 Å². The molecule has 0 aliphatic carbocycles. The fraction of sp³-hybridized carbons (Fsp3) is 0.333. The van der Waals surface area contributed by atoms with Crippen LogP contribution in [0.1, 0.15) is 54.2 Å². The number of aliphatic hydroxyl groups is 1. The van der Waals surface area contributed by atoms with E-state index in [9.17, 15) is 18.3 Å². The minimum absolute atomic E-state index is 0.0182. The van der Waals surface area contributed by atoms with Gasteiger partial charge in [0.15, 0.2) is 0 Å². The average molecular weight is 504 g/mol. The highest BCUT2D eigenvalue weighted by atomic mass is 32.2. The largest absolute Gasteiger partial charge is 0.392 e. The summed E-state index contributed by atoms with van der Waals surface area (Å²) in [4.78, 5) is 17.5. The molecule has 0 radical (unpaired) electrons. The zero-order chi connectivity index (χ0) is 24.9. The van der Waals surface area contributed by atoms with Crippen LogP contribution < -0.4 is 10.0 Å². The third-order valence-corrected chi connectivity index (χ3v) is 6.55. The Morgan fingerprint density at radius 2 is 1.76 bits per heavy atom. The molecule has 0 saturated heterocycles.